The van der Waals surface area contributed by atoms with Gasteiger partial charge in [0.2, 0.25) is 5.91 Å². The molecule has 17 atom stereocenters. The fourth-order valence-corrected chi connectivity index (χ4v) is 12.7. The topological polar surface area (TPSA) is 307 Å². The Balaban J connectivity index is 1.32. The Kier molecular flexibility index (Phi) is 48.5. The van der Waals surface area contributed by atoms with Gasteiger partial charge in [0, 0.05) is 6.42 Å². The van der Waals surface area contributed by atoms with Gasteiger partial charge in [0.1, 0.15) is 73.2 Å². The highest BCUT2D eigenvalue weighted by Crippen LogP contribution is 2.33. The Morgan fingerprint density at radius 1 is 0.393 bits per heavy atom. The predicted molar refractivity (Wildman–Crippen MR) is 347 cm³/mol. The molecule has 0 aromatic heterocycles. The van der Waals surface area contributed by atoms with Crippen molar-refractivity contribution in [1.29, 1.82) is 0 Å². The number of hydrogen-bond donors (Lipinski definition) is 12. The number of amides is 1. The summed E-state index contributed by atoms with van der Waals surface area (Å²) in [7, 11) is 0. The molecule has 3 saturated heterocycles. The molecule has 526 valence electrons. The van der Waals surface area contributed by atoms with E-state index < -0.39 is 124 Å². The molecule has 1 amide bonds. The monoisotopic (exact) mass is 1280 g/mol. The standard InChI is InChI=1S/C70H133NO18/c1-3-5-7-9-11-13-15-16-17-18-19-20-21-22-23-24-25-26-27-28-29-30-31-32-33-34-35-36-38-40-42-44-46-48-58(76)71-53(54(75)47-45-43-41-39-37-14-12-10-8-6-4-2)52-84-68-64(82)61(79)66(56(50-73)86-68)89-70-65(83)62(80)67(57(51-74)87-70)88-69-63(81)60(78)59(77)55(49-72)85-69/h45,47,53-57,59-70,72-75,77-83H,3-44,46,48-52H2,1-2H3,(H,71,76)/b47-45+. The minimum atomic E-state index is -1.97. The second-order valence-corrected chi connectivity index (χ2v) is 26.4. The zero-order chi connectivity index (χ0) is 64.7. The highest BCUT2D eigenvalue weighted by molar-refractivity contribution is 5.76. The molecule has 0 radical (unpaired) electrons. The molecule has 3 fully saturated rings. The Hall–Kier alpha value is -1.47. The third-order valence-corrected chi connectivity index (χ3v) is 18.6. The third-order valence-electron chi connectivity index (χ3n) is 18.6. The van der Waals surface area contributed by atoms with Gasteiger partial charge in [-0.1, -0.05) is 283 Å². The SMILES string of the molecule is CCCCCCCCCCC/C=C/C(O)C(COC1OC(CO)C(OC2OC(CO)C(OC3OC(CO)C(O)C(O)C3O)C(O)C2O)C(O)C1O)NC(=O)CCCCCCCCCCCCCCCCCCCCCCCCCCCCCCCCCCC. The molecule has 3 aliphatic rings. The van der Waals surface area contributed by atoms with Gasteiger partial charge in [-0.2, -0.15) is 0 Å². The summed E-state index contributed by atoms with van der Waals surface area (Å²) in [5.74, 6) is -0.271. The quantitative estimate of drug-likeness (QED) is 0.0199. The first-order valence-electron chi connectivity index (χ1n) is 36.4. The molecule has 12 N–H and O–H groups in total. The summed E-state index contributed by atoms with van der Waals surface area (Å²) in [4.78, 5) is 13.4. The molecular weight excluding hydrogens is 1140 g/mol. The van der Waals surface area contributed by atoms with E-state index in [4.69, 9.17) is 28.4 Å². The molecule has 0 spiro atoms. The van der Waals surface area contributed by atoms with Gasteiger partial charge >= 0.3 is 0 Å². The zero-order valence-electron chi connectivity index (χ0n) is 55.7. The lowest BCUT2D eigenvalue weighted by Gasteiger charge is -2.48. The fraction of sp³-hybridized carbons (Fsp3) is 0.957. The van der Waals surface area contributed by atoms with Crippen LogP contribution in [0.3, 0.4) is 0 Å². The van der Waals surface area contributed by atoms with Gasteiger partial charge < -0.3 is 89.9 Å². The van der Waals surface area contributed by atoms with Gasteiger partial charge in [-0.25, -0.2) is 0 Å². The molecule has 0 bridgehead atoms. The molecule has 0 saturated carbocycles. The van der Waals surface area contributed by atoms with Crippen molar-refractivity contribution in [2.45, 2.75) is 401 Å². The molecule has 0 aromatic carbocycles. The molecule has 17 unspecified atom stereocenters. The van der Waals surface area contributed by atoms with Crippen molar-refractivity contribution in [3.8, 4) is 0 Å². The predicted octanol–water partition coefficient (Wildman–Crippen LogP) is 10.1. The van der Waals surface area contributed by atoms with Crippen LogP contribution in [0.1, 0.15) is 296 Å². The molecule has 89 heavy (non-hydrogen) atoms. The number of ether oxygens (including phenoxy) is 6. The Labute approximate surface area is 537 Å². The van der Waals surface area contributed by atoms with Crippen LogP contribution in [-0.2, 0) is 33.2 Å². The summed E-state index contributed by atoms with van der Waals surface area (Å²) in [6.45, 7) is 1.74. The minimum Gasteiger partial charge on any atom is -0.394 e. The molecule has 19 heteroatoms. The van der Waals surface area contributed by atoms with Crippen molar-refractivity contribution in [1.82, 2.24) is 5.32 Å². The van der Waals surface area contributed by atoms with E-state index in [2.05, 4.69) is 19.2 Å². The lowest BCUT2D eigenvalue weighted by atomic mass is 9.96. The molecule has 3 heterocycles. The van der Waals surface area contributed by atoms with Gasteiger partial charge in [0.25, 0.3) is 0 Å². The van der Waals surface area contributed by atoms with Gasteiger partial charge in [0.05, 0.1) is 38.6 Å². The van der Waals surface area contributed by atoms with Crippen LogP contribution in [0.2, 0.25) is 0 Å². The smallest absolute Gasteiger partial charge is 0.220 e. The number of nitrogens with one attached hydrogen (secondary N) is 1. The number of unbranched alkanes of at least 4 members (excludes halogenated alkanes) is 41. The summed E-state index contributed by atoms with van der Waals surface area (Å²) < 4.78 is 34.3. The lowest BCUT2D eigenvalue weighted by Crippen LogP contribution is -2.66. The second-order valence-electron chi connectivity index (χ2n) is 26.4. The van der Waals surface area contributed by atoms with Gasteiger partial charge in [0.15, 0.2) is 18.9 Å². The van der Waals surface area contributed by atoms with E-state index in [1.165, 1.54) is 225 Å². The molecule has 0 aliphatic carbocycles. The Morgan fingerprint density at radius 2 is 0.697 bits per heavy atom. The van der Waals surface area contributed by atoms with Crippen LogP contribution in [0.5, 0.6) is 0 Å². The fourth-order valence-electron chi connectivity index (χ4n) is 12.7. The zero-order valence-corrected chi connectivity index (χ0v) is 55.7. The van der Waals surface area contributed by atoms with E-state index in [-0.39, 0.29) is 18.9 Å². The van der Waals surface area contributed by atoms with Gasteiger partial charge in [-0.15, -0.1) is 0 Å². The first-order valence-corrected chi connectivity index (χ1v) is 36.4. The van der Waals surface area contributed by atoms with Gasteiger partial charge in [-0.3, -0.25) is 4.79 Å². The van der Waals surface area contributed by atoms with Crippen molar-refractivity contribution in [3.05, 3.63) is 12.2 Å². The molecule has 0 aromatic rings. The van der Waals surface area contributed by atoms with Crippen LogP contribution in [0, 0.1) is 0 Å². The van der Waals surface area contributed by atoms with Crippen LogP contribution >= 0.6 is 0 Å². The van der Waals surface area contributed by atoms with Crippen LogP contribution in [0.25, 0.3) is 0 Å². The van der Waals surface area contributed by atoms with Crippen LogP contribution < -0.4 is 5.32 Å². The summed E-state index contributed by atoms with van der Waals surface area (Å²) >= 11 is 0. The van der Waals surface area contributed by atoms with E-state index in [9.17, 15) is 61.0 Å². The largest absolute Gasteiger partial charge is 0.394 e. The van der Waals surface area contributed by atoms with Crippen molar-refractivity contribution in [2.75, 3.05) is 26.4 Å². The molecule has 3 aliphatic heterocycles. The first kappa shape index (κ1) is 81.8. The highest BCUT2D eigenvalue weighted by Gasteiger charge is 2.53. The lowest BCUT2D eigenvalue weighted by molar-refractivity contribution is -0.379. The summed E-state index contributed by atoms with van der Waals surface area (Å²) in [6.07, 6.45) is 32.4. The van der Waals surface area contributed by atoms with Crippen molar-refractivity contribution in [2.24, 2.45) is 0 Å². The Bertz CT molecular complexity index is 1670. The van der Waals surface area contributed by atoms with Crippen molar-refractivity contribution in [3.63, 3.8) is 0 Å². The number of aliphatic hydroxyl groups excluding tert-OH is 11. The van der Waals surface area contributed by atoms with Gasteiger partial charge in [-0.05, 0) is 19.3 Å². The van der Waals surface area contributed by atoms with E-state index in [1.807, 2.05) is 6.08 Å². The second kappa shape index (κ2) is 52.8. The highest BCUT2D eigenvalue weighted by atomic mass is 16.8. The van der Waals surface area contributed by atoms with E-state index in [0.717, 1.165) is 44.9 Å². The third kappa shape index (κ3) is 34.7. The first-order chi connectivity index (χ1) is 43.3. The van der Waals surface area contributed by atoms with Crippen LogP contribution in [0.15, 0.2) is 12.2 Å². The van der Waals surface area contributed by atoms with Crippen LogP contribution in [0.4, 0.5) is 0 Å². The molecule has 19 nitrogen and oxygen atoms in total. The molecule has 3 rings (SSSR count). The normalized spacial score (nSPS) is 28.2. The maximum absolute atomic E-state index is 13.4. The van der Waals surface area contributed by atoms with E-state index in [1.54, 1.807) is 6.08 Å². The minimum absolute atomic E-state index is 0.249. The number of rotatable bonds is 57. The summed E-state index contributed by atoms with van der Waals surface area (Å²) in [6, 6.07) is -0.967. The summed E-state index contributed by atoms with van der Waals surface area (Å²) in [5, 5.41) is 120. The maximum atomic E-state index is 13.4. The number of allylic oxidation sites excluding steroid dienone is 1. The maximum Gasteiger partial charge on any atom is 0.220 e. The summed E-state index contributed by atoms with van der Waals surface area (Å²) in [5.41, 5.74) is 0. The van der Waals surface area contributed by atoms with Crippen LogP contribution in [-0.4, -0.2) is 193 Å². The number of carbonyl (C=O) groups is 1. The van der Waals surface area contributed by atoms with Crippen molar-refractivity contribution >= 4 is 5.91 Å². The number of aliphatic hydroxyl groups is 11. The number of carbonyl (C=O) groups excluding carboxylic acids is 1. The van der Waals surface area contributed by atoms with Crippen molar-refractivity contribution < 1.29 is 89.4 Å². The average Bonchev–Trinajstić information content (AvgIpc) is 1.35. The van der Waals surface area contributed by atoms with E-state index >= 15 is 0 Å². The Morgan fingerprint density at radius 3 is 1.06 bits per heavy atom. The number of hydrogen-bond acceptors (Lipinski definition) is 18. The van der Waals surface area contributed by atoms with E-state index in [0.29, 0.717) is 6.42 Å². The average molecular weight is 1280 g/mol. The molecular formula is C70H133NO18.